The first-order chi connectivity index (χ1) is 13.2. The van der Waals surface area contributed by atoms with Crippen molar-refractivity contribution in [2.75, 3.05) is 33.3 Å². The van der Waals surface area contributed by atoms with Crippen LogP contribution in [0.5, 0.6) is 5.75 Å². The van der Waals surface area contributed by atoms with E-state index in [-0.39, 0.29) is 11.6 Å². The van der Waals surface area contributed by atoms with Crippen LogP contribution in [0.4, 0.5) is 4.39 Å². The maximum absolute atomic E-state index is 13.8. The molecule has 8 heteroatoms. The molecule has 27 heavy (non-hydrogen) atoms. The molecule has 1 aromatic carbocycles. The molecule has 0 unspecified atom stereocenters. The summed E-state index contributed by atoms with van der Waals surface area (Å²) in [5.41, 5.74) is 1.95. The predicted molar refractivity (Wildman–Crippen MR) is 101 cm³/mol. The number of piperazine rings is 1. The van der Waals surface area contributed by atoms with E-state index in [4.69, 9.17) is 9.26 Å². The molecule has 0 radical (unpaired) electrons. The van der Waals surface area contributed by atoms with E-state index in [1.807, 2.05) is 22.9 Å². The zero-order chi connectivity index (χ0) is 18.6. The molecule has 1 saturated heterocycles. The topological polar surface area (TPSA) is 54.6 Å². The summed E-state index contributed by atoms with van der Waals surface area (Å²) in [6.07, 6.45) is 0. The van der Waals surface area contributed by atoms with Crippen LogP contribution in [0.15, 0.2) is 39.5 Å². The lowest BCUT2D eigenvalue weighted by molar-refractivity contribution is 0.112. The van der Waals surface area contributed by atoms with Crippen LogP contribution in [0, 0.1) is 5.82 Å². The van der Waals surface area contributed by atoms with Gasteiger partial charge in [0.15, 0.2) is 11.6 Å². The second-order valence-electron chi connectivity index (χ2n) is 6.54. The van der Waals surface area contributed by atoms with Gasteiger partial charge in [-0.15, -0.1) is 0 Å². The fourth-order valence-corrected chi connectivity index (χ4v) is 3.83. The third-order valence-corrected chi connectivity index (χ3v) is 5.38. The summed E-state index contributed by atoms with van der Waals surface area (Å²) in [6, 6.07) is 7.13. The molecule has 1 aliphatic heterocycles. The van der Waals surface area contributed by atoms with E-state index in [1.165, 1.54) is 7.11 Å². The normalized spacial score (nSPS) is 15.9. The number of benzene rings is 1. The van der Waals surface area contributed by atoms with Crippen molar-refractivity contribution in [1.29, 1.82) is 0 Å². The van der Waals surface area contributed by atoms with Crippen molar-refractivity contribution in [2.24, 2.45) is 0 Å². The number of hydrogen-bond acceptors (Lipinski definition) is 7. The summed E-state index contributed by atoms with van der Waals surface area (Å²) in [6.45, 7) is 5.04. The molecule has 0 atom stereocenters. The third kappa shape index (κ3) is 4.35. The van der Waals surface area contributed by atoms with Crippen LogP contribution in [0.25, 0.3) is 11.4 Å². The summed E-state index contributed by atoms with van der Waals surface area (Å²) >= 11 is 1.62. The Labute approximate surface area is 161 Å². The number of aromatic nitrogens is 2. The van der Waals surface area contributed by atoms with Crippen LogP contribution in [-0.2, 0) is 13.1 Å². The largest absolute Gasteiger partial charge is 0.494 e. The maximum Gasteiger partial charge on any atom is 0.241 e. The Kier molecular flexibility index (Phi) is 5.47. The Balaban J connectivity index is 1.28. The summed E-state index contributed by atoms with van der Waals surface area (Å²) in [7, 11) is 1.48. The summed E-state index contributed by atoms with van der Waals surface area (Å²) in [5, 5.41) is 8.06. The molecular weight excluding hydrogens is 367 g/mol. The van der Waals surface area contributed by atoms with Crippen LogP contribution in [0.1, 0.15) is 11.5 Å². The number of halogens is 1. The molecule has 1 fully saturated rings. The highest BCUT2D eigenvalue weighted by Crippen LogP contribution is 2.21. The highest BCUT2D eigenvalue weighted by Gasteiger charge is 2.20. The second kappa shape index (κ2) is 8.16. The molecule has 3 heterocycles. The minimum atomic E-state index is -0.313. The van der Waals surface area contributed by atoms with Crippen molar-refractivity contribution in [3.05, 3.63) is 52.3 Å². The molecule has 0 bridgehead atoms. The van der Waals surface area contributed by atoms with E-state index >= 15 is 0 Å². The molecular formula is C19H21FN4O2S. The average molecular weight is 388 g/mol. The van der Waals surface area contributed by atoms with Gasteiger partial charge in [0.2, 0.25) is 11.7 Å². The smallest absolute Gasteiger partial charge is 0.241 e. The third-order valence-electron chi connectivity index (χ3n) is 4.69. The minimum Gasteiger partial charge on any atom is -0.494 e. The Morgan fingerprint density at radius 2 is 1.93 bits per heavy atom. The van der Waals surface area contributed by atoms with Crippen LogP contribution < -0.4 is 4.74 Å². The molecule has 0 N–H and O–H groups in total. The van der Waals surface area contributed by atoms with Crippen LogP contribution in [0.3, 0.4) is 0 Å². The van der Waals surface area contributed by atoms with Crippen molar-refractivity contribution in [1.82, 2.24) is 19.9 Å². The molecule has 4 rings (SSSR count). The highest BCUT2D eigenvalue weighted by molar-refractivity contribution is 7.08. The van der Waals surface area contributed by atoms with E-state index in [9.17, 15) is 4.39 Å². The fourth-order valence-electron chi connectivity index (χ4n) is 3.19. The van der Waals surface area contributed by atoms with E-state index in [0.717, 1.165) is 43.9 Å². The average Bonchev–Trinajstić information content (AvgIpc) is 3.35. The van der Waals surface area contributed by atoms with Crippen molar-refractivity contribution in [3.8, 4) is 17.1 Å². The van der Waals surface area contributed by atoms with Gasteiger partial charge in [-0.05, 0) is 29.1 Å². The number of ether oxygens (including phenoxy) is 1. The lowest BCUT2D eigenvalue weighted by atomic mass is 10.2. The zero-order valence-electron chi connectivity index (χ0n) is 15.1. The second-order valence-corrected chi connectivity index (χ2v) is 7.32. The van der Waals surface area contributed by atoms with Gasteiger partial charge in [0.25, 0.3) is 0 Å². The van der Waals surface area contributed by atoms with E-state index < -0.39 is 0 Å². The number of nitrogens with zero attached hydrogens (tertiary/aromatic N) is 4. The van der Waals surface area contributed by atoms with Gasteiger partial charge in [-0.25, -0.2) is 4.39 Å². The standard InChI is InChI=1S/C19H21FN4O2S/c1-25-17-3-2-14(10-16(17)20)11-23-5-7-24(8-6-23)12-18-21-19(22-26-18)15-4-9-27-13-15/h2-4,9-10,13H,5-8,11-12H2,1H3. The first kappa shape index (κ1) is 18.1. The molecule has 0 saturated carbocycles. The van der Waals surface area contributed by atoms with Crippen molar-refractivity contribution >= 4 is 11.3 Å². The summed E-state index contributed by atoms with van der Waals surface area (Å²) in [5.74, 6) is 1.25. The Bertz CT molecular complexity index is 876. The summed E-state index contributed by atoms with van der Waals surface area (Å²) in [4.78, 5) is 9.10. The lowest BCUT2D eigenvalue weighted by Crippen LogP contribution is -2.45. The van der Waals surface area contributed by atoms with Gasteiger partial charge in [0.05, 0.1) is 13.7 Å². The van der Waals surface area contributed by atoms with Gasteiger partial charge < -0.3 is 9.26 Å². The Morgan fingerprint density at radius 3 is 2.59 bits per heavy atom. The Hall–Kier alpha value is -2.29. The molecule has 0 aliphatic carbocycles. The first-order valence-electron chi connectivity index (χ1n) is 8.83. The number of methoxy groups -OCH3 is 1. The number of thiophene rings is 1. The van der Waals surface area contributed by atoms with E-state index in [2.05, 4.69) is 19.9 Å². The molecule has 142 valence electrons. The molecule has 1 aliphatic rings. The van der Waals surface area contributed by atoms with E-state index in [1.54, 1.807) is 23.5 Å². The van der Waals surface area contributed by atoms with Crippen LogP contribution >= 0.6 is 11.3 Å². The van der Waals surface area contributed by atoms with Gasteiger partial charge in [0, 0.05) is 43.7 Å². The molecule has 6 nitrogen and oxygen atoms in total. The highest BCUT2D eigenvalue weighted by atomic mass is 32.1. The Morgan fingerprint density at radius 1 is 1.15 bits per heavy atom. The number of rotatable bonds is 6. The van der Waals surface area contributed by atoms with Gasteiger partial charge in [-0.3, -0.25) is 9.80 Å². The van der Waals surface area contributed by atoms with Crippen LogP contribution in [-0.4, -0.2) is 53.2 Å². The summed E-state index contributed by atoms with van der Waals surface area (Å²) < 4.78 is 24.2. The molecule has 3 aromatic rings. The molecule has 0 spiro atoms. The van der Waals surface area contributed by atoms with Crippen LogP contribution in [0.2, 0.25) is 0 Å². The van der Waals surface area contributed by atoms with Crippen molar-refractivity contribution < 1.29 is 13.7 Å². The predicted octanol–water partition coefficient (Wildman–Crippen LogP) is 3.26. The monoisotopic (exact) mass is 388 g/mol. The molecule has 0 amide bonds. The molecule has 2 aromatic heterocycles. The van der Waals surface area contributed by atoms with Gasteiger partial charge in [-0.1, -0.05) is 11.2 Å². The maximum atomic E-state index is 13.8. The minimum absolute atomic E-state index is 0.282. The van der Waals surface area contributed by atoms with Gasteiger partial charge in [0.1, 0.15) is 0 Å². The quantitative estimate of drug-likeness (QED) is 0.646. The zero-order valence-corrected chi connectivity index (χ0v) is 15.9. The van der Waals surface area contributed by atoms with Gasteiger partial charge >= 0.3 is 0 Å². The number of hydrogen-bond donors (Lipinski definition) is 0. The fraction of sp³-hybridized carbons (Fsp3) is 0.368. The SMILES string of the molecule is COc1ccc(CN2CCN(Cc3nc(-c4ccsc4)no3)CC2)cc1F. The van der Waals surface area contributed by atoms with Crippen molar-refractivity contribution in [2.45, 2.75) is 13.1 Å². The van der Waals surface area contributed by atoms with Crippen molar-refractivity contribution in [3.63, 3.8) is 0 Å². The lowest BCUT2D eigenvalue weighted by Gasteiger charge is -2.33. The first-order valence-corrected chi connectivity index (χ1v) is 9.78. The van der Waals surface area contributed by atoms with Gasteiger partial charge in [-0.2, -0.15) is 16.3 Å². The van der Waals surface area contributed by atoms with E-state index in [0.29, 0.717) is 18.3 Å².